The molecule has 132 valence electrons. The van der Waals surface area contributed by atoms with Crippen molar-refractivity contribution >= 4 is 16.8 Å². The molecule has 1 aromatic heterocycles. The number of hydrogen-bond donors (Lipinski definition) is 1. The summed E-state index contributed by atoms with van der Waals surface area (Å²) in [6, 6.07) is 11.5. The molecule has 0 unspecified atom stereocenters. The number of carbonyl (C=O) groups excluding carboxylic acids is 1. The molecule has 6 heteroatoms. The molecule has 2 aliphatic heterocycles. The van der Waals surface area contributed by atoms with E-state index < -0.39 is 5.60 Å². The fourth-order valence-corrected chi connectivity index (χ4v) is 3.68. The number of pyridine rings is 1. The second-order valence-corrected chi connectivity index (χ2v) is 6.98. The van der Waals surface area contributed by atoms with E-state index >= 15 is 0 Å². The summed E-state index contributed by atoms with van der Waals surface area (Å²) in [7, 11) is 0. The number of carbonyl (C=O) groups is 1. The minimum absolute atomic E-state index is 0.108. The monoisotopic (exact) mass is 341 g/mol. The molecule has 1 N–H and O–H groups in total. The lowest BCUT2D eigenvalue weighted by Gasteiger charge is -2.33. The Morgan fingerprint density at radius 1 is 1.16 bits per heavy atom. The Hall–Kier alpha value is -2.02. The van der Waals surface area contributed by atoms with Gasteiger partial charge in [-0.2, -0.15) is 0 Å². The van der Waals surface area contributed by atoms with Crippen LogP contribution >= 0.6 is 0 Å². The lowest BCUT2D eigenvalue weighted by Crippen LogP contribution is -2.49. The first-order chi connectivity index (χ1) is 12.1. The zero-order valence-electron chi connectivity index (χ0n) is 14.2. The molecular weight excluding hydrogens is 318 g/mol. The molecule has 1 amide bonds. The van der Waals surface area contributed by atoms with Crippen LogP contribution in [0.1, 0.15) is 16.9 Å². The van der Waals surface area contributed by atoms with Crippen LogP contribution in [0.15, 0.2) is 36.4 Å². The van der Waals surface area contributed by atoms with Crippen molar-refractivity contribution in [3.63, 3.8) is 0 Å². The summed E-state index contributed by atoms with van der Waals surface area (Å²) in [4.78, 5) is 21.2. The van der Waals surface area contributed by atoms with Crippen LogP contribution in [-0.4, -0.2) is 77.3 Å². The zero-order valence-corrected chi connectivity index (χ0v) is 14.2. The van der Waals surface area contributed by atoms with E-state index in [9.17, 15) is 9.90 Å². The molecule has 1 aromatic carbocycles. The van der Waals surface area contributed by atoms with Gasteiger partial charge < -0.3 is 14.7 Å². The number of aromatic nitrogens is 1. The van der Waals surface area contributed by atoms with Gasteiger partial charge in [-0.15, -0.1) is 0 Å². The van der Waals surface area contributed by atoms with E-state index in [0.29, 0.717) is 45.0 Å². The van der Waals surface area contributed by atoms with E-state index in [2.05, 4.69) is 9.88 Å². The number of fused-ring (bicyclic) bond motifs is 1. The normalized spacial score (nSPS) is 24.8. The molecule has 2 saturated heterocycles. The van der Waals surface area contributed by atoms with Crippen molar-refractivity contribution in [2.24, 2.45) is 0 Å². The van der Waals surface area contributed by atoms with Crippen LogP contribution in [0.3, 0.4) is 0 Å². The summed E-state index contributed by atoms with van der Waals surface area (Å²) in [5, 5.41) is 11.9. The number of aliphatic hydroxyl groups is 1. The lowest BCUT2D eigenvalue weighted by atomic mass is 10.0. The third-order valence-electron chi connectivity index (χ3n) is 5.06. The zero-order chi connectivity index (χ0) is 17.3. The molecule has 3 heterocycles. The van der Waals surface area contributed by atoms with Crippen LogP contribution < -0.4 is 0 Å². The fourth-order valence-electron chi connectivity index (χ4n) is 3.68. The summed E-state index contributed by atoms with van der Waals surface area (Å²) in [5.41, 5.74) is 0.412. The summed E-state index contributed by atoms with van der Waals surface area (Å²) in [6.07, 6.45) is 0.601. The maximum atomic E-state index is 12.8. The Labute approximate surface area is 147 Å². The molecular formula is C19H23N3O3. The maximum absolute atomic E-state index is 12.8. The number of hydrogen-bond acceptors (Lipinski definition) is 5. The van der Waals surface area contributed by atoms with E-state index in [1.807, 2.05) is 30.3 Å². The number of rotatable bonds is 3. The number of likely N-dealkylation sites (tertiary alicyclic amines) is 1. The number of nitrogens with zero attached hydrogens (tertiary/aromatic N) is 3. The number of benzene rings is 1. The van der Waals surface area contributed by atoms with Gasteiger partial charge in [-0.05, 0) is 18.6 Å². The Morgan fingerprint density at radius 3 is 2.80 bits per heavy atom. The molecule has 25 heavy (non-hydrogen) atoms. The second kappa shape index (κ2) is 6.71. The minimum Gasteiger partial charge on any atom is -0.387 e. The van der Waals surface area contributed by atoms with Crippen molar-refractivity contribution in [2.75, 3.05) is 45.9 Å². The molecule has 1 atom stereocenters. The van der Waals surface area contributed by atoms with Gasteiger partial charge in [0.25, 0.3) is 5.91 Å². The van der Waals surface area contributed by atoms with E-state index in [1.54, 1.807) is 11.0 Å². The summed E-state index contributed by atoms with van der Waals surface area (Å²) in [5.74, 6) is -0.108. The van der Waals surface area contributed by atoms with Crippen LogP contribution in [-0.2, 0) is 4.74 Å². The van der Waals surface area contributed by atoms with E-state index in [1.165, 1.54) is 0 Å². The molecule has 0 saturated carbocycles. The van der Waals surface area contributed by atoms with Crippen molar-refractivity contribution in [1.82, 2.24) is 14.8 Å². The maximum Gasteiger partial charge on any atom is 0.272 e. The molecule has 2 aliphatic rings. The largest absolute Gasteiger partial charge is 0.387 e. The average Bonchev–Trinajstić information content (AvgIpc) is 3.03. The number of morpholine rings is 1. The third-order valence-corrected chi connectivity index (χ3v) is 5.06. The Balaban J connectivity index is 1.45. The smallest absolute Gasteiger partial charge is 0.272 e. The predicted octanol–water partition coefficient (Wildman–Crippen LogP) is 1.14. The highest BCUT2D eigenvalue weighted by Gasteiger charge is 2.40. The summed E-state index contributed by atoms with van der Waals surface area (Å²) >= 11 is 0. The molecule has 4 rings (SSSR count). The van der Waals surface area contributed by atoms with Crippen molar-refractivity contribution in [3.05, 3.63) is 42.1 Å². The predicted molar refractivity (Wildman–Crippen MR) is 94.5 cm³/mol. The third kappa shape index (κ3) is 3.51. The van der Waals surface area contributed by atoms with Gasteiger partial charge in [0.2, 0.25) is 0 Å². The minimum atomic E-state index is -0.843. The van der Waals surface area contributed by atoms with Crippen molar-refractivity contribution < 1.29 is 14.6 Å². The van der Waals surface area contributed by atoms with E-state index in [4.69, 9.17) is 4.74 Å². The number of ether oxygens (including phenoxy) is 1. The summed E-state index contributed by atoms with van der Waals surface area (Å²) in [6.45, 7) is 4.60. The highest BCUT2D eigenvalue weighted by atomic mass is 16.5. The molecule has 0 aliphatic carbocycles. The van der Waals surface area contributed by atoms with Gasteiger partial charge in [-0.1, -0.05) is 24.3 Å². The van der Waals surface area contributed by atoms with Crippen LogP contribution in [0.2, 0.25) is 0 Å². The standard InChI is InChI=1S/C19H23N3O3/c23-18(17-6-5-15-3-1-2-4-16(15)20-17)22-8-7-19(24,14-22)13-21-9-11-25-12-10-21/h1-6,24H,7-14H2/t19-/m0/s1. The number of amides is 1. The molecule has 6 nitrogen and oxygen atoms in total. The van der Waals surface area contributed by atoms with Gasteiger partial charge in [0.15, 0.2) is 0 Å². The first kappa shape index (κ1) is 16.4. The first-order valence-corrected chi connectivity index (χ1v) is 8.81. The van der Waals surface area contributed by atoms with Crippen molar-refractivity contribution in [1.29, 1.82) is 0 Å². The number of para-hydroxylation sites is 1. The Bertz CT molecular complexity index is 775. The van der Waals surface area contributed by atoms with Crippen molar-refractivity contribution in [2.45, 2.75) is 12.0 Å². The van der Waals surface area contributed by atoms with Gasteiger partial charge in [-0.25, -0.2) is 4.98 Å². The first-order valence-electron chi connectivity index (χ1n) is 8.81. The quantitative estimate of drug-likeness (QED) is 0.907. The highest BCUT2D eigenvalue weighted by molar-refractivity contribution is 5.95. The Morgan fingerprint density at radius 2 is 1.96 bits per heavy atom. The molecule has 0 spiro atoms. The van der Waals surface area contributed by atoms with E-state index in [-0.39, 0.29) is 5.91 Å². The average molecular weight is 341 g/mol. The van der Waals surface area contributed by atoms with Crippen LogP contribution in [0.25, 0.3) is 10.9 Å². The van der Waals surface area contributed by atoms with Crippen LogP contribution in [0.4, 0.5) is 0 Å². The second-order valence-electron chi connectivity index (χ2n) is 6.98. The molecule has 0 radical (unpaired) electrons. The molecule has 2 aromatic rings. The highest BCUT2D eigenvalue weighted by Crippen LogP contribution is 2.24. The SMILES string of the molecule is O=C(c1ccc2ccccc2n1)N1CC[C@](O)(CN2CCOCC2)C1. The summed E-state index contributed by atoms with van der Waals surface area (Å²) < 4.78 is 5.35. The van der Waals surface area contributed by atoms with Gasteiger partial charge in [0.1, 0.15) is 5.69 Å². The van der Waals surface area contributed by atoms with Gasteiger partial charge in [0.05, 0.1) is 30.9 Å². The fraction of sp³-hybridized carbons (Fsp3) is 0.474. The van der Waals surface area contributed by atoms with Gasteiger partial charge in [0, 0.05) is 31.6 Å². The van der Waals surface area contributed by atoms with Crippen LogP contribution in [0.5, 0.6) is 0 Å². The van der Waals surface area contributed by atoms with E-state index in [0.717, 1.165) is 24.0 Å². The molecule has 0 bridgehead atoms. The van der Waals surface area contributed by atoms with Gasteiger partial charge >= 0.3 is 0 Å². The van der Waals surface area contributed by atoms with Crippen LogP contribution in [0, 0.1) is 0 Å². The topological polar surface area (TPSA) is 65.9 Å². The number of β-amino-alcohol motifs (C(OH)–C–C–N with tert-alkyl or cyclic N) is 1. The Kier molecular flexibility index (Phi) is 4.41. The van der Waals surface area contributed by atoms with Crippen molar-refractivity contribution in [3.8, 4) is 0 Å². The lowest BCUT2D eigenvalue weighted by molar-refractivity contribution is -0.0257. The molecule has 2 fully saturated rings. The van der Waals surface area contributed by atoms with Gasteiger partial charge in [-0.3, -0.25) is 9.69 Å².